The van der Waals surface area contributed by atoms with E-state index in [0.717, 1.165) is 55.1 Å². The Labute approximate surface area is 237 Å². The average Bonchev–Trinajstić information content (AvgIpc) is 3.37. The lowest BCUT2D eigenvalue weighted by Gasteiger charge is -2.32. The third-order valence-electron chi connectivity index (χ3n) is 7.26. The number of nitrogens with zero attached hydrogens (tertiary/aromatic N) is 4. The number of methoxy groups -OCH3 is 1. The van der Waals surface area contributed by atoms with Crippen molar-refractivity contribution in [2.75, 3.05) is 37.9 Å². The van der Waals surface area contributed by atoms with Gasteiger partial charge < -0.3 is 14.6 Å². The number of halogens is 1. The van der Waals surface area contributed by atoms with Crippen LogP contribution >= 0.6 is 0 Å². The Balaban J connectivity index is 1.41. The minimum absolute atomic E-state index is 0.313. The number of pyridine rings is 1. The van der Waals surface area contributed by atoms with Gasteiger partial charge in [0.15, 0.2) is 5.16 Å². The van der Waals surface area contributed by atoms with Crippen LogP contribution in [0.4, 0.5) is 10.2 Å². The highest BCUT2D eigenvalue weighted by Crippen LogP contribution is 2.35. The number of piperidine rings is 1. The van der Waals surface area contributed by atoms with Crippen LogP contribution in [-0.2, 0) is 28.6 Å². The molecular formula is C31H36FN5O2S. The minimum Gasteiger partial charge on any atom is -0.383 e. The highest BCUT2D eigenvalue weighted by Gasteiger charge is 2.24. The van der Waals surface area contributed by atoms with E-state index in [4.69, 9.17) is 9.72 Å². The summed E-state index contributed by atoms with van der Waals surface area (Å²) in [7, 11) is 0.357. The summed E-state index contributed by atoms with van der Waals surface area (Å²) in [5, 5.41) is 4.14. The molecule has 1 N–H and O–H groups in total. The third kappa shape index (κ3) is 6.66. The SMILES string of the molecule is CCS(=O)c1nc(-c2ccc(F)cc2)c(-c2ccnc(NC3CCN(Cc4ccccc4)CC3)c2)n1CCOC. The molecule has 1 atom stereocenters. The molecular weight excluding hydrogens is 525 g/mol. The Kier molecular flexibility index (Phi) is 9.36. The van der Waals surface area contributed by atoms with Crippen molar-refractivity contribution in [1.29, 1.82) is 0 Å². The van der Waals surface area contributed by atoms with E-state index in [1.165, 1.54) is 17.7 Å². The van der Waals surface area contributed by atoms with Crippen LogP contribution in [0.25, 0.3) is 22.5 Å². The molecule has 1 saturated heterocycles. The van der Waals surface area contributed by atoms with Gasteiger partial charge in [-0.3, -0.25) is 9.11 Å². The normalized spacial score (nSPS) is 15.3. The van der Waals surface area contributed by atoms with E-state index < -0.39 is 10.8 Å². The first-order valence-electron chi connectivity index (χ1n) is 13.8. The number of rotatable bonds is 11. The first-order valence-corrected chi connectivity index (χ1v) is 15.1. The van der Waals surface area contributed by atoms with Crippen molar-refractivity contribution in [1.82, 2.24) is 19.4 Å². The van der Waals surface area contributed by atoms with Gasteiger partial charge in [0.05, 0.1) is 28.8 Å². The molecule has 1 aliphatic heterocycles. The molecule has 2 aromatic heterocycles. The van der Waals surface area contributed by atoms with Gasteiger partial charge in [-0.1, -0.05) is 37.3 Å². The van der Waals surface area contributed by atoms with E-state index in [9.17, 15) is 8.60 Å². The molecule has 1 aliphatic rings. The molecule has 40 heavy (non-hydrogen) atoms. The maximum atomic E-state index is 13.8. The van der Waals surface area contributed by atoms with E-state index in [-0.39, 0.29) is 5.82 Å². The van der Waals surface area contributed by atoms with Gasteiger partial charge in [0.2, 0.25) is 0 Å². The molecule has 7 nitrogen and oxygen atoms in total. The first kappa shape index (κ1) is 28.1. The molecule has 210 valence electrons. The number of benzene rings is 2. The number of likely N-dealkylation sites (tertiary alicyclic amines) is 1. The molecule has 9 heteroatoms. The Morgan fingerprint density at radius 3 is 2.50 bits per heavy atom. The van der Waals surface area contributed by atoms with E-state index >= 15 is 0 Å². The number of aromatic nitrogens is 3. The number of ether oxygens (including phenoxy) is 1. The Morgan fingerprint density at radius 2 is 1.80 bits per heavy atom. The number of hydrogen-bond acceptors (Lipinski definition) is 6. The molecule has 1 unspecified atom stereocenters. The van der Waals surface area contributed by atoms with E-state index in [0.29, 0.717) is 35.8 Å². The summed E-state index contributed by atoms with van der Waals surface area (Å²) in [4.78, 5) is 12.0. The van der Waals surface area contributed by atoms with Crippen LogP contribution in [0.2, 0.25) is 0 Å². The number of anilines is 1. The van der Waals surface area contributed by atoms with Gasteiger partial charge in [0.1, 0.15) is 11.6 Å². The summed E-state index contributed by atoms with van der Waals surface area (Å²) in [5.74, 6) is 0.923. The fourth-order valence-corrected chi connectivity index (χ4v) is 6.05. The fraction of sp³-hybridized carbons (Fsp3) is 0.355. The van der Waals surface area contributed by atoms with Crippen LogP contribution < -0.4 is 5.32 Å². The predicted molar refractivity (Wildman–Crippen MR) is 158 cm³/mol. The van der Waals surface area contributed by atoms with Gasteiger partial charge in [0, 0.05) is 62.4 Å². The van der Waals surface area contributed by atoms with Gasteiger partial charge in [-0.05, 0) is 54.8 Å². The zero-order valence-electron chi connectivity index (χ0n) is 23.1. The summed E-state index contributed by atoms with van der Waals surface area (Å²) >= 11 is 0. The number of imidazole rings is 1. The van der Waals surface area contributed by atoms with Crippen LogP contribution in [-0.4, -0.2) is 62.2 Å². The lowest BCUT2D eigenvalue weighted by atomic mass is 10.0. The molecule has 0 amide bonds. The Bertz CT molecular complexity index is 1420. The summed E-state index contributed by atoms with van der Waals surface area (Å²) in [6, 6.07) is 21.2. The van der Waals surface area contributed by atoms with E-state index in [1.54, 1.807) is 25.4 Å². The topological polar surface area (TPSA) is 72.3 Å². The van der Waals surface area contributed by atoms with Crippen molar-refractivity contribution in [3.05, 3.63) is 84.3 Å². The van der Waals surface area contributed by atoms with Gasteiger partial charge in [0.25, 0.3) is 0 Å². The molecule has 1 fully saturated rings. The molecule has 0 radical (unpaired) electrons. The summed E-state index contributed by atoms with van der Waals surface area (Å²) in [6.45, 7) is 5.83. The van der Waals surface area contributed by atoms with Crippen molar-refractivity contribution in [3.8, 4) is 22.5 Å². The van der Waals surface area contributed by atoms with Crippen LogP contribution in [0.5, 0.6) is 0 Å². The molecule has 2 aromatic carbocycles. The second-order valence-corrected chi connectivity index (χ2v) is 11.6. The van der Waals surface area contributed by atoms with Crippen LogP contribution in [0.1, 0.15) is 25.3 Å². The quantitative estimate of drug-likeness (QED) is 0.257. The Morgan fingerprint density at radius 1 is 1.05 bits per heavy atom. The maximum Gasteiger partial charge on any atom is 0.200 e. The molecule has 0 saturated carbocycles. The molecule has 3 heterocycles. The minimum atomic E-state index is -1.29. The van der Waals surface area contributed by atoms with Gasteiger partial charge in [-0.2, -0.15) is 0 Å². The van der Waals surface area contributed by atoms with Gasteiger partial charge in [-0.15, -0.1) is 0 Å². The molecule has 0 spiro atoms. The van der Waals surface area contributed by atoms with E-state index in [2.05, 4.69) is 45.5 Å². The largest absolute Gasteiger partial charge is 0.383 e. The Hall–Kier alpha value is -3.40. The van der Waals surface area contributed by atoms with Gasteiger partial charge >= 0.3 is 0 Å². The van der Waals surface area contributed by atoms with Crippen molar-refractivity contribution in [3.63, 3.8) is 0 Å². The number of hydrogen-bond donors (Lipinski definition) is 1. The first-order chi connectivity index (χ1) is 19.6. The highest BCUT2D eigenvalue weighted by molar-refractivity contribution is 7.84. The molecule has 5 rings (SSSR count). The average molecular weight is 562 g/mol. The summed E-state index contributed by atoms with van der Waals surface area (Å²) < 4.78 is 34.2. The zero-order valence-corrected chi connectivity index (χ0v) is 23.9. The van der Waals surface area contributed by atoms with Crippen LogP contribution in [0.3, 0.4) is 0 Å². The summed E-state index contributed by atoms with van der Waals surface area (Å²) in [6.07, 6.45) is 3.86. The standard InChI is InChI=1S/C31H36FN5O2S/c1-3-40(38)31-35-29(24-9-11-26(32)12-10-24)30(37(31)19-20-39-2)25-13-16-33-28(21-25)34-27-14-17-36(18-15-27)22-23-7-5-4-6-8-23/h4-13,16,21,27H,3,14-15,17-20,22H2,1-2H3,(H,33,34). The molecule has 0 aliphatic carbocycles. The summed E-state index contributed by atoms with van der Waals surface area (Å²) in [5.41, 5.74) is 4.50. The third-order valence-corrected chi connectivity index (χ3v) is 8.50. The second kappa shape index (κ2) is 13.3. The molecule has 4 aromatic rings. The molecule has 0 bridgehead atoms. The van der Waals surface area contributed by atoms with Crippen LogP contribution in [0.15, 0.2) is 78.1 Å². The van der Waals surface area contributed by atoms with Crippen molar-refractivity contribution >= 4 is 16.6 Å². The fourth-order valence-electron chi connectivity index (χ4n) is 5.17. The monoisotopic (exact) mass is 561 g/mol. The van der Waals surface area contributed by atoms with Crippen molar-refractivity contribution in [2.24, 2.45) is 0 Å². The lowest BCUT2D eigenvalue weighted by molar-refractivity contribution is 0.185. The zero-order chi connectivity index (χ0) is 27.9. The number of nitrogens with one attached hydrogen (secondary N) is 1. The van der Waals surface area contributed by atoms with E-state index in [1.807, 2.05) is 23.6 Å². The van der Waals surface area contributed by atoms with Crippen LogP contribution in [0, 0.1) is 5.82 Å². The predicted octanol–water partition coefficient (Wildman–Crippen LogP) is 5.60. The smallest absolute Gasteiger partial charge is 0.200 e. The second-order valence-electron chi connectivity index (χ2n) is 9.99. The van der Waals surface area contributed by atoms with Crippen molar-refractivity contribution < 1.29 is 13.3 Å². The lowest BCUT2D eigenvalue weighted by Crippen LogP contribution is -2.38. The maximum absolute atomic E-state index is 13.8. The van der Waals surface area contributed by atoms with Crippen molar-refractivity contribution in [2.45, 2.75) is 44.1 Å². The van der Waals surface area contributed by atoms with Gasteiger partial charge in [-0.25, -0.2) is 14.4 Å². The highest BCUT2D eigenvalue weighted by atomic mass is 32.2.